The van der Waals surface area contributed by atoms with Gasteiger partial charge in [0, 0.05) is 23.6 Å². The summed E-state index contributed by atoms with van der Waals surface area (Å²) in [5.74, 6) is 0.719. The molecule has 2 aliphatic rings. The molecule has 0 amide bonds. The molecular formula is C30H44FNO5S. The van der Waals surface area contributed by atoms with Gasteiger partial charge in [-0.15, -0.1) is 10.5 Å². The molecule has 212 valence electrons. The zero-order chi connectivity index (χ0) is 28.9. The fraction of sp³-hybridized carbons (Fsp3) is 0.533. The van der Waals surface area contributed by atoms with Gasteiger partial charge in [0.25, 0.3) is 0 Å². The van der Waals surface area contributed by atoms with Crippen molar-refractivity contribution >= 4 is 10.2 Å². The number of aromatic hydroxyl groups is 1. The van der Waals surface area contributed by atoms with E-state index in [0.717, 1.165) is 42.6 Å². The summed E-state index contributed by atoms with van der Waals surface area (Å²) in [5.41, 5.74) is 1.57. The number of hydrogen-bond acceptors (Lipinski definition) is 6. The van der Waals surface area contributed by atoms with E-state index in [0.29, 0.717) is 12.2 Å². The standard InChI is InChI=1S/C21H31NO3.C7H7FO2S.C2H6/c1-6-12-22-13-11-20(5)18-14(2)7-8-17(23)19(18)25-15(3)9-10-21(20,24)16(22)4;1-6-2-4-7(5-3-6)11(8,9)10;1-2/h6-8,15-16,23-24H,1,9-13H2,2-5H3;2-5H,1H3;1-2H3. The normalized spacial score (nSPS) is 27.0. The van der Waals surface area contributed by atoms with Crippen molar-refractivity contribution in [1.82, 2.24) is 4.90 Å². The number of benzene rings is 2. The third kappa shape index (κ3) is 6.41. The van der Waals surface area contributed by atoms with Gasteiger partial charge < -0.3 is 14.9 Å². The van der Waals surface area contributed by atoms with Gasteiger partial charge in [-0.3, -0.25) is 4.90 Å². The Labute approximate surface area is 228 Å². The molecule has 0 spiro atoms. The molecule has 2 heterocycles. The second kappa shape index (κ2) is 12.6. The van der Waals surface area contributed by atoms with Crippen LogP contribution in [0.2, 0.25) is 0 Å². The van der Waals surface area contributed by atoms with Gasteiger partial charge in [0.1, 0.15) is 0 Å². The molecule has 38 heavy (non-hydrogen) atoms. The molecule has 2 aromatic carbocycles. The summed E-state index contributed by atoms with van der Waals surface area (Å²) in [6, 6.07) is 9.20. The quantitative estimate of drug-likeness (QED) is 0.350. The monoisotopic (exact) mass is 549 g/mol. The molecule has 6 nitrogen and oxygen atoms in total. The first-order chi connectivity index (χ1) is 17.7. The number of nitrogens with zero attached hydrogens (tertiary/aromatic N) is 1. The Morgan fingerprint density at radius 2 is 1.74 bits per heavy atom. The number of hydrogen-bond donors (Lipinski definition) is 2. The minimum absolute atomic E-state index is 0.00384. The van der Waals surface area contributed by atoms with E-state index >= 15 is 0 Å². The van der Waals surface area contributed by atoms with E-state index in [2.05, 4.69) is 25.3 Å². The number of phenols is 1. The lowest BCUT2D eigenvalue weighted by Gasteiger charge is -2.58. The van der Waals surface area contributed by atoms with Gasteiger partial charge in [-0.05, 0) is 77.3 Å². The number of ether oxygens (including phenoxy) is 1. The molecule has 1 fully saturated rings. The molecule has 4 rings (SSSR count). The van der Waals surface area contributed by atoms with Crippen LogP contribution in [0.4, 0.5) is 3.89 Å². The van der Waals surface area contributed by atoms with Gasteiger partial charge in [0.05, 0.1) is 16.6 Å². The molecule has 2 aromatic rings. The minimum Gasteiger partial charge on any atom is -0.504 e. The molecule has 0 saturated carbocycles. The lowest BCUT2D eigenvalue weighted by atomic mass is 9.58. The van der Waals surface area contributed by atoms with E-state index in [9.17, 15) is 22.5 Å². The van der Waals surface area contributed by atoms with E-state index in [1.165, 1.54) is 12.1 Å². The lowest BCUT2D eigenvalue weighted by Crippen LogP contribution is -2.67. The number of fused-ring (bicyclic) bond motifs is 3. The van der Waals surface area contributed by atoms with E-state index in [1.54, 1.807) is 25.1 Å². The number of piperidine rings is 1. The molecule has 0 aromatic heterocycles. The van der Waals surface area contributed by atoms with E-state index in [1.807, 2.05) is 39.8 Å². The van der Waals surface area contributed by atoms with E-state index < -0.39 is 21.2 Å². The Morgan fingerprint density at radius 3 is 2.29 bits per heavy atom. The highest BCUT2D eigenvalue weighted by Crippen LogP contribution is 2.54. The zero-order valence-electron chi connectivity index (χ0n) is 23.8. The first-order valence-corrected chi connectivity index (χ1v) is 14.7. The number of halogens is 1. The Hall–Kier alpha value is -2.42. The van der Waals surface area contributed by atoms with Crippen molar-refractivity contribution in [1.29, 1.82) is 0 Å². The summed E-state index contributed by atoms with van der Waals surface area (Å²) in [6.45, 7) is 19.6. The zero-order valence-corrected chi connectivity index (χ0v) is 24.6. The first kappa shape index (κ1) is 31.8. The molecule has 2 N–H and O–H groups in total. The number of phenolic OH excluding ortho intramolecular Hbond substituents is 1. The lowest BCUT2D eigenvalue weighted by molar-refractivity contribution is -0.137. The molecule has 4 atom stereocenters. The Balaban J connectivity index is 0.000000327. The fourth-order valence-electron chi connectivity index (χ4n) is 5.64. The van der Waals surface area contributed by atoms with Crippen molar-refractivity contribution in [2.75, 3.05) is 13.1 Å². The third-order valence-electron chi connectivity index (χ3n) is 7.91. The number of rotatable bonds is 3. The predicted molar refractivity (Wildman–Crippen MR) is 151 cm³/mol. The van der Waals surface area contributed by atoms with Crippen LogP contribution in [0.15, 0.2) is 53.9 Å². The SMILES string of the molecule is C=CCN1CCC2(C)c3c(C)ccc(O)c3OC(C)CCC2(O)C1C.CC.Cc1ccc(S(=O)(=O)F)cc1. The van der Waals surface area contributed by atoms with Crippen LogP contribution in [-0.4, -0.2) is 54.4 Å². The van der Waals surface area contributed by atoms with Crippen molar-refractivity contribution < 1.29 is 27.3 Å². The Bertz CT molecular complexity index is 1200. The van der Waals surface area contributed by atoms with Gasteiger partial charge in [0.2, 0.25) is 0 Å². The second-order valence-corrected chi connectivity index (χ2v) is 11.6. The summed E-state index contributed by atoms with van der Waals surface area (Å²) >= 11 is 0. The number of likely N-dealkylation sites (tertiary alicyclic amines) is 1. The van der Waals surface area contributed by atoms with Gasteiger partial charge in [-0.25, -0.2) is 0 Å². The van der Waals surface area contributed by atoms with Crippen LogP contribution in [0.1, 0.15) is 70.6 Å². The smallest absolute Gasteiger partial charge is 0.332 e. The Kier molecular flexibility index (Phi) is 10.6. The minimum atomic E-state index is -4.52. The molecule has 0 radical (unpaired) electrons. The topological polar surface area (TPSA) is 87.1 Å². The summed E-state index contributed by atoms with van der Waals surface area (Å²) < 4.78 is 38.9. The van der Waals surface area contributed by atoms with Gasteiger partial charge in [0.15, 0.2) is 11.5 Å². The molecule has 0 bridgehead atoms. The van der Waals surface area contributed by atoms with Crippen molar-refractivity contribution in [3.8, 4) is 11.5 Å². The first-order valence-electron chi connectivity index (χ1n) is 13.3. The molecule has 8 heteroatoms. The highest BCUT2D eigenvalue weighted by atomic mass is 32.3. The second-order valence-electron chi connectivity index (χ2n) is 10.3. The van der Waals surface area contributed by atoms with Crippen LogP contribution in [0.25, 0.3) is 0 Å². The molecule has 4 unspecified atom stereocenters. The number of aryl methyl sites for hydroxylation is 2. The molecular weight excluding hydrogens is 505 g/mol. The molecule has 2 aliphatic heterocycles. The van der Waals surface area contributed by atoms with Gasteiger partial charge in [-0.2, -0.15) is 8.42 Å². The summed E-state index contributed by atoms with van der Waals surface area (Å²) in [4.78, 5) is 2.02. The Morgan fingerprint density at radius 1 is 1.13 bits per heavy atom. The van der Waals surface area contributed by atoms with Crippen LogP contribution in [0.3, 0.4) is 0 Å². The van der Waals surface area contributed by atoms with E-state index in [-0.39, 0.29) is 22.8 Å². The number of aliphatic hydroxyl groups is 1. The maximum absolute atomic E-state index is 12.2. The third-order valence-corrected chi connectivity index (χ3v) is 8.74. The van der Waals surface area contributed by atoms with Crippen LogP contribution in [0.5, 0.6) is 11.5 Å². The van der Waals surface area contributed by atoms with Crippen LogP contribution in [-0.2, 0) is 15.6 Å². The molecule has 0 aliphatic carbocycles. The summed E-state index contributed by atoms with van der Waals surface area (Å²) in [5, 5.41) is 22.5. The highest BCUT2D eigenvalue weighted by molar-refractivity contribution is 7.86. The van der Waals surface area contributed by atoms with Gasteiger partial charge >= 0.3 is 10.2 Å². The predicted octanol–water partition coefficient (Wildman–Crippen LogP) is 6.21. The molecule has 1 saturated heterocycles. The average molecular weight is 550 g/mol. The van der Waals surface area contributed by atoms with Crippen LogP contribution >= 0.6 is 0 Å². The van der Waals surface area contributed by atoms with Crippen molar-refractivity contribution in [2.24, 2.45) is 0 Å². The van der Waals surface area contributed by atoms with Crippen molar-refractivity contribution in [3.05, 3.63) is 65.7 Å². The van der Waals surface area contributed by atoms with Crippen LogP contribution in [0, 0.1) is 13.8 Å². The van der Waals surface area contributed by atoms with E-state index in [4.69, 9.17) is 4.74 Å². The van der Waals surface area contributed by atoms with Crippen molar-refractivity contribution in [2.45, 2.75) is 95.8 Å². The fourth-order valence-corrected chi connectivity index (χ4v) is 6.10. The highest BCUT2D eigenvalue weighted by Gasteiger charge is 2.57. The van der Waals surface area contributed by atoms with Crippen molar-refractivity contribution in [3.63, 3.8) is 0 Å². The average Bonchev–Trinajstić information content (AvgIpc) is 2.86. The maximum Gasteiger partial charge on any atom is 0.332 e. The summed E-state index contributed by atoms with van der Waals surface area (Å²) in [6.07, 6.45) is 4.10. The summed E-state index contributed by atoms with van der Waals surface area (Å²) in [7, 11) is -4.52. The largest absolute Gasteiger partial charge is 0.504 e. The maximum atomic E-state index is 12.2. The van der Waals surface area contributed by atoms with Gasteiger partial charge in [-0.1, -0.05) is 50.6 Å². The van der Waals surface area contributed by atoms with Crippen LogP contribution < -0.4 is 4.74 Å².